The molecule has 106 valence electrons. The van der Waals surface area contributed by atoms with Gasteiger partial charge in [0.15, 0.2) is 5.82 Å². The normalized spacial score (nSPS) is 11.2. The van der Waals surface area contributed by atoms with Crippen LogP contribution in [0.2, 0.25) is 0 Å². The third-order valence-electron chi connectivity index (χ3n) is 2.77. The Bertz CT molecular complexity index is 847. The Hall–Kier alpha value is -2.74. The summed E-state index contributed by atoms with van der Waals surface area (Å²) in [5, 5.41) is 12.3. The lowest BCUT2D eigenvalue weighted by atomic mass is 10.4. The van der Waals surface area contributed by atoms with Gasteiger partial charge < -0.3 is 10.3 Å². The number of rotatable bonds is 4. The van der Waals surface area contributed by atoms with Crippen LogP contribution >= 0.6 is 11.3 Å². The van der Waals surface area contributed by atoms with Crippen molar-refractivity contribution in [1.82, 2.24) is 24.9 Å². The lowest BCUT2D eigenvalue weighted by Crippen LogP contribution is -2.22. The first kappa shape index (κ1) is 13.3. The number of nitrogens with one attached hydrogen (secondary N) is 2. The summed E-state index contributed by atoms with van der Waals surface area (Å²) in [4.78, 5) is 26.7. The average Bonchev–Trinajstić information content (AvgIpc) is 3.13. The summed E-state index contributed by atoms with van der Waals surface area (Å²) in [5.41, 5.74) is -0.115. The number of hydrogen-bond donors (Lipinski definition) is 2. The van der Waals surface area contributed by atoms with Crippen LogP contribution in [0.4, 0.5) is 0 Å². The number of thiophene rings is 1. The number of fused-ring (bicyclic) bond motifs is 1. The molecule has 0 aliphatic heterocycles. The monoisotopic (exact) mass is 301 g/mol. The number of aromatic nitrogens is 4. The first-order chi connectivity index (χ1) is 10.2. The molecule has 3 aromatic rings. The second-order valence-electron chi connectivity index (χ2n) is 4.17. The number of carbonyl (C=O) groups is 1. The summed E-state index contributed by atoms with van der Waals surface area (Å²) in [6, 6.07) is 3.84. The van der Waals surface area contributed by atoms with Crippen LogP contribution in [-0.4, -0.2) is 25.5 Å². The maximum Gasteiger partial charge on any atom is 0.293 e. The molecule has 0 aromatic carbocycles. The molecule has 0 fully saturated rings. The summed E-state index contributed by atoms with van der Waals surface area (Å²) in [6.07, 6.45) is 6.34. The van der Waals surface area contributed by atoms with E-state index in [1.807, 2.05) is 17.5 Å². The molecular formula is C13H11N5O2S. The first-order valence-electron chi connectivity index (χ1n) is 6.15. The van der Waals surface area contributed by atoms with Crippen molar-refractivity contribution in [3.8, 4) is 0 Å². The fourth-order valence-electron chi connectivity index (χ4n) is 1.78. The zero-order valence-electron chi connectivity index (χ0n) is 10.8. The number of amides is 1. The predicted molar refractivity (Wildman–Crippen MR) is 78.8 cm³/mol. The van der Waals surface area contributed by atoms with Crippen LogP contribution < -0.4 is 10.9 Å². The molecule has 3 heterocycles. The fraction of sp³-hybridized carbons (Fsp3) is 0.0769. The van der Waals surface area contributed by atoms with E-state index in [2.05, 4.69) is 20.5 Å². The Morgan fingerprint density at radius 1 is 1.48 bits per heavy atom. The van der Waals surface area contributed by atoms with Crippen LogP contribution in [0.25, 0.3) is 11.7 Å². The van der Waals surface area contributed by atoms with Gasteiger partial charge in [-0.3, -0.25) is 14.0 Å². The molecule has 7 nitrogen and oxygen atoms in total. The van der Waals surface area contributed by atoms with E-state index in [9.17, 15) is 9.59 Å². The quantitative estimate of drug-likeness (QED) is 0.697. The minimum Gasteiger partial charge on any atom is -0.345 e. The van der Waals surface area contributed by atoms with Crippen LogP contribution in [0, 0.1) is 0 Å². The number of aromatic amines is 1. The molecule has 21 heavy (non-hydrogen) atoms. The zero-order valence-corrected chi connectivity index (χ0v) is 11.6. The molecule has 8 heteroatoms. The van der Waals surface area contributed by atoms with E-state index in [0.717, 1.165) is 4.88 Å². The largest absolute Gasteiger partial charge is 0.345 e. The Kier molecular flexibility index (Phi) is 3.61. The fourth-order valence-corrected chi connectivity index (χ4v) is 2.39. The summed E-state index contributed by atoms with van der Waals surface area (Å²) in [6.45, 7) is 0.193. The van der Waals surface area contributed by atoms with E-state index in [-0.39, 0.29) is 23.7 Å². The third-order valence-corrected chi connectivity index (χ3v) is 3.61. The molecule has 0 radical (unpaired) electrons. The second-order valence-corrected chi connectivity index (χ2v) is 5.14. The Balaban J connectivity index is 1.68. The molecule has 0 bridgehead atoms. The molecular weight excluding hydrogens is 290 g/mol. The van der Waals surface area contributed by atoms with Gasteiger partial charge in [0.2, 0.25) is 11.6 Å². The van der Waals surface area contributed by atoms with Crippen LogP contribution in [0.1, 0.15) is 10.7 Å². The predicted octanol–water partition coefficient (Wildman–Crippen LogP) is 0.809. The van der Waals surface area contributed by atoms with Crippen molar-refractivity contribution in [1.29, 1.82) is 0 Å². The van der Waals surface area contributed by atoms with Crippen molar-refractivity contribution in [2.75, 3.05) is 0 Å². The Labute approximate surface area is 123 Å². The van der Waals surface area contributed by atoms with E-state index in [4.69, 9.17) is 0 Å². The maximum absolute atomic E-state index is 11.7. The van der Waals surface area contributed by atoms with Gasteiger partial charge in [0.25, 0.3) is 5.56 Å². The van der Waals surface area contributed by atoms with Crippen LogP contribution in [0.3, 0.4) is 0 Å². The van der Waals surface area contributed by atoms with Crippen molar-refractivity contribution in [3.63, 3.8) is 0 Å². The van der Waals surface area contributed by atoms with Crippen molar-refractivity contribution in [2.24, 2.45) is 0 Å². The second kappa shape index (κ2) is 5.71. The number of nitrogens with zero attached hydrogens (tertiary/aromatic N) is 3. The lowest BCUT2D eigenvalue weighted by molar-refractivity contribution is -0.116. The minimum absolute atomic E-state index is 0.193. The van der Waals surface area contributed by atoms with Crippen molar-refractivity contribution in [3.05, 3.63) is 57.0 Å². The van der Waals surface area contributed by atoms with Gasteiger partial charge in [-0.25, -0.2) is 0 Å². The number of H-pyrrole nitrogens is 1. The highest BCUT2D eigenvalue weighted by molar-refractivity contribution is 7.10. The third kappa shape index (κ3) is 2.90. The van der Waals surface area contributed by atoms with Crippen LogP contribution in [0.15, 0.2) is 40.8 Å². The van der Waals surface area contributed by atoms with Gasteiger partial charge in [-0.2, -0.15) is 0 Å². The van der Waals surface area contributed by atoms with Crippen molar-refractivity contribution >= 4 is 29.0 Å². The molecule has 0 aliphatic rings. The Morgan fingerprint density at radius 2 is 2.38 bits per heavy atom. The molecule has 0 saturated heterocycles. The highest BCUT2D eigenvalue weighted by Crippen LogP contribution is 2.09. The van der Waals surface area contributed by atoms with Gasteiger partial charge >= 0.3 is 0 Å². The SMILES string of the molecule is O=C(/C=C\c1cccs1)NCc1nnc2c(=O)[nH]ccn12. The highest BCUT2D eigenvalue weighted by Gasteiger charge is 2.08. The van der Waals surface area contributed by atoms with E-state index < -0.39 is 0 Å². The van der Waals surface area contributed by atoms with Gasteiger partial charge in [-0.1, -0.05) is 6.07 Å². The minimum atomic E-state index is -0.319. The molecule has 1 amide bonds. The van der Waals surface area contributed by atoms with Gasteiger partial charge in [-0.15, -0.1) is 21.5 Å². The molecule has 0 spiro atoms. The van der Waals surface area contributed by atoms with Crippen molar-refractivity contribution in [2.45, 2.75) is 6.54 Å². The molecule has 2 N–H and O–H groups in total. The standard InChI is InChI=1S/C13H11N5O2S/c19-11(4-3-9-2-1-7-21-9)15-8-10-16-17-12-13(20)14-5-6-18(10)12/h1-7H,8H2,(H,14,20)(H,15,19)/b4-3-. The molecule has 0 aliphatic carbocycles. The van der Waals surface area contributed by atoms with Gasteiger partial charge in [-0.05, 0) is 17.5 Å². The van der Waals surface area contributed by atoms with Crippen LogP contribution in [0.5, 0.6) is 0 Å². The average molecular weight is 301 g/mol. The maximum atomic E-state index is 11.7. The molecule has 0 unspecified atom stereocenters. The highest BCUT2D eigenvalue weighted by atomic mass is 32.1. The van der Waals surface area contributed by atoms with E-state index in [1.165, 1.54) is 12.3 Å². The van der Waals surface area contributed by atoms with Gasteiger partial charge in [0, 0.05) is 23.3 Å². The molecule has 3 rings (SSSR count). The molecule has 3 aromatic heterocycles. The Morgan fingerprint density at radius 3 is 3.19 bits per heavy atom. The summed E-state index contributed by atoms with van der Waals surface area (Å²) >= 11 is 1.55. The number of carbonyl (C=O) groups excluding carboxylic acids is 1. The zero-order chi connectivity index (χ0) is 14.7. The molecule has 0 atom stereocenters. The van der Waals surface area contributed by atoms with E-state index in [1.54, 1.807) is 28.0 Å². The van der Waals surface area contributed by atoms with Gasteiger partial charge in [0.05, 0.1) is 6.54 Å². The summed E-state index contributed by atoms with van der Waals surface area (Å²) in [5.74, 6) is 0.263. The first-order valence-corrected chi connectivity index (χ1v) is 7.03. The summed E-state index contributed by atoms with van der Waals surface area (Å²) < 4.78 is 1.54. The van der Waals surface area contributed by atoms with Crippen LogP contribution in [-0.2, 0) is 11.3 Å². The lowest BCUT2D eigenvalue weighted by Gasteiger charge is -2.00. The smallest absolute Gasteiger partial charge is 0.293 e. The van der Waals surface area contributed by atoms with Crippen molar-refractivity contribution < 1.29 is 4.79 Å². The topological polar surface area (TPSA) is 92.2 Å². The van der Waals surface area contributed by atoms with E-state index >= 15 is 0 Å². The van der Waals surface area contributed by atoms with Gasteiger partial charge in [0.1, 0.15) is 0 Å². The van der Waals surface area contributed by atoms with E-state index in [0.29, 0.717) is 5.82 Å². The number of hydrogen-bond acceptors (Lipinski definition) is 5. The summed E-state index contributed by atoms with van der Waals surface area (Å²) in [7, 11) is 0. The molecule has 0 saturated carbocycles.